The summed E-state index contributed by atoms with van der Waals surface area (Å²) in [5, 5.41) is 8.55. The molecule has 3 heterocycles. The first-order valence-corrected chi connectivity index (χ1v) is 9.34. The van der Waals surface area contributed by atoms with Crippen LogP contribution in [0.25, 0.3) is 11.0 Å². The normalized spacial score (nSPS) is 19.5. The van der Waals surface area contributed by atoms with Crippen molar-refractivity contribution in [3.8, 4) is 0 Å². The van der Waals surface area contributed by atoms with Gasteiger partial charge in [-0.15, -0.1) is 0 Å². The molecule has 2 aromatic rings. The van der Waals surface area contributed by atoms with Gasteiger partial charge in [-0.1, -0.05) is 0 Å². The fourth-order valence-electron chi connectivity index (χ4n) is 3.83. The second-order valence-corrected chi connectivity index (χ2v) is 7.73. The third-order valence-corrected chi connectivity index (χ3v) is 5.62. The molecule has 1 saturated carbocycles. The third kappa shape index (κ3) is 3.27. The zero-order chi connectivity index (χ0) is 17.6. The van der Waals surface area contributed by atoms with Gasteiger partial charge < -0.3 is 10.2 Å². The highest BCUT2D eigenvalue weighted by molar-refractivity contribution is 6.06. The summed E-state index contributed by atoms with van der Waals surface area (Å²) < 4.78 is 1.80. The zero-order valence-corrected chi connectivity index (χ0v) is 15.4. The van der Waals surface area contributed by atoms with Crippen LogP contribution in [0.1, 0.15) is 53.3 Å². The van der Waals surface area contributed by atoms with Gasteiger partial charge in [0.05, 0.1) is 16.6 Å². The van der Waals surface area contributed by atoms with Gasteiger partial charge in [-0.3, -0.25) is 9.48 Å². The molecule has 134 valence electrons. The van der Waals surface area contributed by atoms with Gasteiger partial charge in [-0.25, -0.2) is 4.98 Å². The van der Waals surface area contributed by atoms with E-state index in [-0.39, 0.29) is 5.91 Å². The van der Waals surface area contributed by atoms with Crippen molar-refractivity contribution in [1.29, 1.82) is 0 Å². The van der Waals surface area contributed by atoms with Crippen molar-refractivity contribution < 1.29 is 4.79 Å². The van der Waals surface area contributed by atoms with Crippen molar-refractivity contribution >= 4 is 16.9 Å². The Bertz CT molecular complexity index is 800. The van der Waals surface area contributed by atoms with Crippen LogP contribution < -0.4 is 5.32 Å². The molecule has 1 N–H and O–H groups in total. The molecule has 0 radical (unpaired) electrons. The highest BCUT2D eigenvalue weighted by Crippen LogP contribution is 2.40. The van der Waals surface area contributed by atoms with Crippen molar-refractivity contribution in [2.75, 3.05) is 26.7 Å². The molecular weight excluding hydrogens is 314 g/mol. The Labute approximate surface area is 148 Å². The zero-order valence-electron chi connectivity index (χ0n) is 15.4. The van der Waals surface area contributed by atoms with Crippen molar-refractivity contribution in [3.05, 3.63) is 23.0 Å². The lowest BCUT2D eigenvalue weighted by molar-refractivity contribution is 0.0940. The highest BCUT2D eigenvalue weighted by Gasteiger charge is 2.28. The molecule has 0 unspecified atom stereocenters. The first-order chi connectivity index (χ1) is 12.0. The SMILES string of the molecule is Cc1nn(C)c2nc(C3CC3)cc(C(=O)NCC3CCN(C)CC3)c12. The highest BCUT2D eigenvalue weighted by atomic mass is 16.1. The van der Waals surface area contributed by atoms with E-state index in [2.05, 4.69) is 22.4 Å². The lowest BCUT2D eigenvalue weighted by Crippen LogP contribution is -2.37. The first kappa shape index (κ1) is 16.5. The Morgan fingerprint density at radius 3 is 2.64 bits per heavy atom. The van der Waals surface area contributed by atoms with E-state index >= 15 is 0 Å². The number of nitrogens with one attached hydrogen (secondary N) is 1. The number of carbonyl (C=O) groups excluding carboxylic acids is 1. The fourth-order valence-corrected chi connectivity index (χ4v) is 3.83. The molecule has 2 aromatic heterocycles. The lowest BCUT2D eigenvalue weighted by Gasteiger charge is -2.28. The molecule has 6 nitrogen and oxygen atoms in total. The molecule has 4 rings (SSSR count). The number of hydrogen-bond donors (Lipinski definition) is 1. The molecule has 0 spiro atoms. The minimum Gasteiger partial charge on any atom is -0.352 e. The summed E-state index contributed by atoms with van der Waals surface area (Å²) in [5.74, 6) is 1.11. The number of likely N-dealkylation sites (tertiary alicyclic amines) is 1. The molecule has 1 saturated heterocycles. The number of piperidine rings is 1. The van der Waals surface area contributed by atoms with Crippen LogP contribution in [0.5, 0.6) is 0 Å². The molecule has 2 fully saturated rings. The van der Waals surface area contributed by atoms with Crippen molar-refractivity contribution in [1.82, 2.24) is 25.0 Å². The number of fused-ring (bicyclic) bond motifs is 1. The van der Waals surface area contributed by atoms with Crippen LogP contribution in [0.4, 0.5) is 0 Å². The van der Waals surface area contributed by atoms with Gasteiger partial charge in [0, 0.05) is 25.2 Å². The van der Waals surface area contributed by atoms with E-state index in [0.717, 1.165) is 60.5 Å². The molecule has 0 atom stereocenters. The van der Waals surface area contributed by atoms with E-state index in [0.29, 0.717) is 11.8 Å². The first-order valence-electron chi connectivity index (χ1n) is 9.34. The number of rotatable bonds is 4. The average molecular weight is 341 g/mol. The number of pyridine rings is 1. The van der Waals surface area contributed by atoms with Gasteiger partial charge in [0.2, 0.25) is 0 Å². The van der Waals surface area contributed by atoms with Gasteiger partial charge in [0.25, 0.3) is 5.91 Å². The predicted octanol–water partition coefficient (Wildman–Crippen LogP) is 2.23. The maximum Gasteiger partial charge on any atom is 0.252 e. The third-order valence-electron chi connectivity index (χ3n) is 5.62. The quantitative estimate of drug-likeness (QED) is 0.926. The summed E-state index contributed by atoms with van der Waals surface area (Å²) in [7, 11) is 4.06. The summed E-state index contributed by atoms with van der Waals surface area (Å²) in [6.07, 6.45) is 4.65. The largest absolute Gasteiger partial charge is 0.352 e. The summed E-state index contributed by atoms with van der Waals surface area (Å²) in [6.45, 7) is 4.95. The Hall–Kier alpha value is -1.95. The van der Waals surface area contributed by atoms with Crippen LogP contribution in [-0.2, 0) is 7.05 Å². The van der Waals surface area contributed by atoms with E-state index in [1.165, 1.54) is 12.8 Å². The molecule has 2 aliphatic rings. The molecule has 1 amide bonds. The van der Waals surface area contributed by atoms with Crippen LogP contribution in [0.3, 0.4) is 0 Å². The Morgan fingerprint density at radius 2 is 1.96 bits per heavy atom. The molecule has 1 aliphatic heterocycles. The van der Waals surface area contributed by atoms with Gasteiger partial charge in [-0.2, -0.15) is 5.10 Å². The van der Waals surface area contributed by atoms with E-state index in [1.807, 2.05) is 20.0 Å². The van der Waals surface area contributed by atoms with E-state index in [4.69, 9.17) is 4.98 Å². The standard InChI is InChI=1S/C19H27N5O/c1-12-17-15(19(25)20-11-13-6-8-23(2)9-7-13)10-16(14-4-5-14)21-18(17)24(3)22-12/h10,13-14H,4-9,11H2,1-3H3,(H,20,25). The van der Waals surface area contributed by atoms with Crippen LogP contribution in [0, 0.1) is 12.8 Å². The monoisotopic (exact) mass is 341 g/mol. The van der Waals surface area contributed by atoms with Gasteiger partial charge in [0.15, 0.2) is 5.65 Å². The van der Waals surface area contributed by atoms with Gasteiger partial charge >= 0.3 is 0 Å². The molecular formula is C19H27N5O. The van der Waals surface area contributed by atoms with Crippen molar-refractivity contribution in [2.24, 2.45) is 13.0 Å². The number of aromatic nitrogens is 3. The summed E-state index contributed by atoms with van der Waals surface area (Å²) in [6, 6.07) is 2.00. The van der Waals surface area contributed by atoms with Crippen LogP contribution in [0.15, 0.2) is 6.07 Å². The van der Waals surface area contributed by atoms with Crippen LogP contribution in [0.2, 0.25) is 0 Å². The maximum atomic E-state index is 12.9. The van der Waals surface area contributed by atoms with Crippen molar-refractivity contribution in [3.63, 3.8) is 0 Å². The van der Waals surface area contributed by atoms with Crippen LogP contribution >= 0.6 is 0 Å². The molecule has 0 bridgehead atoms. The average Bonchev–Trinajstić information content (AvgIpc) is 3.40. The number of aryl methyl sites for hydroxylation is 2. The molecule has 0 aromatic carbocycles. The minimum atomic E-state index is 0.0179. The second-order valence-electron chi connectivity index (χ2n) is 7.73. The summed E-state index contributed by atoms with van der Waals surface area (Å²) >= 11 is 0. The molecule has 1 aliphatic carbocycles. The van der Waals surface area contributed by atoms with Gasteiger partial charge in [0.1, 0.15) is 0 Å². The maximum absolute atomic E-state index is 12.9. The summed E-state index contributed by atoms with van der Waals surface area (Å²) in [4.78, 5) is 20.1. The minimum absolute atomic E-state index is 0.0179. The smallest absolute Gasteiger partial charge is 0.252 e. The number of carbonyl (C=O) groups is 1. The van der Waals surface area contributed by atoms with E-state index in [9.17, 15) is 4.79 Å². The predicted molar refractivity (Wildman–Crippen MR) is 97.8 cm³/mol. The number of amides is 1. The Kier molecular flexibility index (Phi) is 4.23. The molecule has 25 heavy (non-hydrogen) atoms. The Morgan fingerprint density at radius 1 is 1.24 bits per heavy atom. The number of nitrogens with zero attached hydrogens (tertiary/aromatic N) is 4. The molecule has 6 heteroatoms. The second kappa shape index (κ2) is 6.41. The van der Waals surface area contributed by atoms with Crippen molar-refractivity contribution in [2.45, 2.75) is 38.5 Å². The van der Waals surface area contributed by atoms with E-state index in [1.54, 1.807) is 4.68 Å². The van der Waals surface area contributed by atoms with E-state index < -0.39 is 0 Å². The summed E-state index contributed by atoms with van der Waals surface area (Å²) in [5.41, 5.74) is 3.48. The van der Waals surface area contributed by atoms with Gasteiger partial charge in [-0.05, 0) is 64.7 Å². The number of hydrogen-bond acceptors (Lipinski definition) is 4. The Balaban J connectivity index is 1.57. The lowest BCUT2D eigenvalue weighted by atomic mass is 9.97. The topological polar surface area (TPSA) is 63.1 Å². The fraction of sp³-hybridized carbons (Fsp3) is 0.632. The van der Waals surface area contributed by atoms with Crippen LogP contribution in [-0.4, -0.2) is 52.3 Å².